The van der Waals surface area contributed by atoms with E-state index in [0.29, 0.717) is 11.7 Å². The Balaban J connectivity index is 1.94. The van der Waals surface area contributed by atoms with E-state index in [1.165, 1.54) is 21.9 Å². The zero-order chi connectivity index (χ0) is 17.1. The lowest BCUT2D eigenvalue weighted by molar-refractivity contribution is 0.702. The van der Waals surface area contributed by atoms with Crippen LogP contribution in [0.5, 0.6) is 0 Å². The third-order valence-electron chi connectivity index (χ3n) is 4.07. The van der Waals surface area contributed by atoms with Crippen LogP contribution in [0.25, 0.3) is 21.9 Å². The summed E-state index contributed by atoms with van der Waals surface area (Å²) in [5.41, 5.74) is 4.56. The van der Waals surface area contributed by atoms with Gasteiger partial charge in [-0.2, -0.15) is 0 Å². The Kier molecular flexibility index (Phi) is 4.81. The largest absolute Gasteiger partial charge is 0.361 e. The van der Waals surface area contributed by atoms with E-state index in [-0.39, 0.29) is 0 Å². The van der Waals surface area contributed by atoms with Gasteiger partial charge in [-0.3, -0.25) is 0 Å². The van der Waals surface area contributed by atoms with E-state index >= 15 is 0 Å². The summed E-state index contributed by atoms with van der Waals surface area (Å²) in [5, 5.41) is 9.46. The number of rotatable bonds is 5. The summed E-state index contributed by atoms with van der Waals surface area (Å²) >= 11 is 5.25. The van der Waals surface area contributed by atoms with Crippen molar-refractivity contribution >= 4 is 39.3 Å². The van der Waals surface area contributed by atoms with Gasteiger partial charge >= 0.3 is 0 Å². The molecule has 0 unspecified atom stereocenters. The summed E-state index contributed by atoms with van der Waals surface area (Å²) in [4.78, 5) is 4.79. The second-order valence-corrected chi connectivity index (χ2v) is 6.28. The number of para-hydroxylation sites is 1. The zero-order valence-electron chi connectivity index (χ0n) is 14.1. The van der Waals surface area contributed by atoms with Gasteiger partial charge < -0.3 is 15.2 Å². The Morgan fingerprint density at radius 2 is 2.08 bits per heavy atom. The molecule has 3 aromatic rings. The molecule has 0 bridgehead atoms. The van der Waals surface area contributed by atoms with Crippen molar-refractivity contribution < 1.29 is 0 Å². The molecular weight excluding hydrogens is 316 g/mol. The number of pyridine rings is 1. The molecule has 0 aliphatic rings. The Morgan fingerprint density at radius 1 is 1.29 bits per heavy atom. The predicted molar refractivity (Wildman–Crippen MR) is 106 cm³/mol. The fraction of sp³-hybridized carbons (Fsp3) is 0.263. The minimum absolute atomic E-state index is 0.649. The van der Waals surface area contributed by atoms with Gasteiger partial charge in [0.1, 0.15) is 5.65 Å². The smallest absolute Gasteiger partial charge is 0.166 e. The van der Waals surface area contributed by atoms with Crippen molar-refractivity contribution in [3.05, 3.63) is 54.2 Å². The topological polar surface area (TPSA) is 41.9 Å². The molecule has 2 N–H and O–H groups in total. The highest BCUT2D eigenvalue weighted by Gasteiger charge is 2.13. The Morgan fingerprint density at radius 3 is 2.88 bits per heavy atom. The molecule has 5 heteroatoms. The molecule has 4 nitrogen and oxygen atoms in total. The molecule has 0 radical (unpaired) electrons. The van der Waals surface area contributed by atoms with Crippen LogP contribution in [0.3, 0.4) is 0 Å². The van der Waals surface area contributed by atoms with Gasteiger partial charge in [0.25, 0.3) is 0 Å². The van der Waals surface area contributed by atoms with Crippen LogP contribution in [-0.2, 0) is 6.54 Å². The number of fused-ring (bicyclic) bond motifs is 3. The van der Waals surface area contributed by atoms with E-state index in [4.69, 9.17) is 17.2 Å². The first kappa shape index (κ1) is 16.5. The van der Waals surface area contributed by atoms with Gasteiger partial charge in [-0.1, -0.05) is 24.3 Å². The fourth-order valence-electron chi connectivity index (χ4n) is 3.11. The van der Waals surface area contributed by atoms with Crippen molar-refractivity contribution in [2.75, 3.05) is 13.1 Å². The van der Waals surface area contributed by atoms with Crippen molar-refractivity contribution in [2.45, 2.75) is 20.4 Å². The fourth-order valence-corrected chi connectivity index (χ4v) is 3.30. The van der Waals surface area contributed by atoms with Crippen LogP contribution >= 0.6 is 12.2 Å². The lowest BCUT2D eigenvalue weighted by Gasteiger charge is -2.11. The average molecular weight is 338 g/mol. The SMILES string of the molecule is C=CCNC(=S)NCCn1c2ccccc2c2c(C)cc(C)nc21. The molecule has 3 rings (SSSR count). The average Bonchev–Trinajstić information content (AvgIpc) is 2.87. The molecule has 0 aliphatic carbocycles. The Bertz CT molecular complexity index is 911. The molecule has 24 heavy (non-hydrogen) atoms. The number of benzene rings is 1. The summed E-state index contributed by atoms with van der Waals surface area (Å²) < 4.78 is 2.27. The summed E-state index contributed by atoms with van der Waals surface area (Å²) in [6.07, 6.45) is 1.79. The number of nitrogens with zero attached hydrogens (tertiary/aromatic N) is 2. The molecule has 0 saturated carbocycles. The number of thiocarbonyl (C=S) groups is 1. The highest BCUT2D eigenvalue weighted by atomic mass is 32.1. The van der Waals surface area contributed by atoms with Crippen LogP contribution in [0.2, 0.25) is 0 Å². The second kappa shape index (κ2) is 7.01. The normalized spacial score (nSPS) is 10.9. The minimum atomic E-state index is 0.649. The van der Waals surface area contributed by atoms with Crippen molar-refractivity contribution in [3.8, 4) is 0 Å². The predicted octanol–water partition coefficient (Wildman–Crippen LogP) is 3.46. The molecule has 2 heterocycles. The van der Waals surface area contributed by atoms with Crippen molar-refractivity contribution in [2.24, 2.45) is 0 Å². The molecule has 0 amide bonds. The van der Waals surface area contributed by atoms with Gasteiger partial charge in [-0.05, 0) is 43.8 Å². The summed E-state index contributed by atoms with van der Waals surface area (Å²) in [7, 11) is 0. The molecule has 0 saturated heterocycles. The maximum atomic E-state index is 5.25. The molecule has 0 atom stereocenters. The molecule has 0 spiro atoms. The molecule has 0 fully saturated rings. The first-order chi connectivity index (χ1) is 11.6. The first-order valence-corrected chi connectivity index (χ1v) is 8.50. The quantitative estimate of drug-likeness (QED) is 0.552. The lowest BCUT2D eigenvalue weighted by Crippen LogP contribution is -2.36. The van der Waals surface area contributed by atoms with Crippen LogP contribution in [0, 0.1) is 13.8 Å². The Hall–Kier alpha value is -2.40. The van der Waals surface area contributed by atoms with Crippen LogP contribution in [0.4, 0.5) is 0 Å². The number of nitrogens with one attached hydrogen (secondary N) is 2. The van der Waals surface area contributed by atoms with Gasteiger partial charge in [-0.25, -0.2) is 4.98 Å². The minimum Gasteiger partial charge on any atom is -0.361 e. The number of hydrogen-bond acceptors (Lipinski definition) is 2. The van der Waals surface area contributed by atoms with E-state index in [1.807, 2.05) is 6.92 Å². The van der Waals surface area contributed by atoms with Crippen LogP contribution in [-0.4, -0.2) is 27.8 Å². The maximum Gasteiger partial charge on any atom is 0.166 e. The van der Waals surface area contributed by atoms with Crippen molar-refractivity contribution in [1.82, 2.24) is 20.2 Å². The van der Waals surface area contributed by atoms with Gasteiger partial charge in [-0.15, -0.1) is 6.58 Å². The zero-order valence-corrected chi connectivity index (χ0v) is 14.9. The van der Waals surface area contributed by atoms with E-state index in [1.54, 1.807) is 6.08 Å². The monoisotopic (exact) mass is 338 g/mol. The first-order valence-electron chi connectivity index (χ1n) is 8.09. The number of aromatic nitrogens is 2. The lowest BCUT2D eigenvalue weighted by atomic mass is 10.1. The second-order valence-electron chi connectivity index (χ2n) is 5.87. The molecule has 0 aliphatic heterocycles. The Labute approximate surface area is 147 Å². The molecule has 2 aromatic heterocycles. The maximum absolute atomic E-state index is 5.25. The molecule has 1 aromatic carbocycles. The third-order valence-corrected chi connectivity index (χ3v) is 4.36. The van der Waals surface area contributed by atoms with E-state index < -0.39 is 0 Å². The number of aryl methyl sites for hydroxylation is 2. The standard InChI is InChI=1S/C19H22N4S/c1-4-9-20-19(24)21-10-11-23-16-8-6-5-7-15(16)17-13(2)12-14(3)22-18(17)23/h4-8,12H,1,9-11H2,2-3H3,(H2,20,21,24). The van der Waals surface area contributed by atoms with Crippen LogP contribution in [0.15, 0.2) is 43.0 Å². The van der Waals surface area contributed by atoms with E-state index in [9.17, 15) is 0 Å². The van der Waals surface area contributed by atoms with E-state index in [2.05, 4.69) is 59.0 Å². The highest BCUT2D eigenvalue weighted by Crippen LogP contribution is 2.30. The van der Waals surface area contributed by atoms with E-state index in [0.717, 1.165) is 24.4 Å². The van der Waals surface area contributed by atoms with Gasteiger partial charge in [0.15, 0.2) is 5.11 Å². The molecular formula is C19H22N4S. The third kappa shape index (κ3) is 3.12. The summed E-state index contributed by atoms with van der Waals surface area (Å²) in [5.74, 6) is 0. The number of hydrogen-bond donors (Lipinski definition) is 2. The molecule has 124 valence electrons. The summed E-state index contributed by atoms with van der Waals surface area (Å²) in [6, 6.07) is 10.6. The van der Waals surface area contributed by atoms with Crippen molar-refractivity contribution in [3.63, 3.8) is 0 Å². The van der Waals surface area contributed by atoms with Crippen LogP contribution < -0.4 is 10.6 Å². The van der Waals surface area contributed by atoms with Crippen molar-refractivity contribution in [1.29, 1.82) is 0 Å². The van der Waals surface area contributed by atoms with Gasteiger partial charge in [0.05, 0.1) is 5.52 Å². The van der Waals surface area contributed by atoms with Crippen LogP contribution in [0.1, 0.15) is 11.3 Å². The van der Waals surface area contributed by atoms with Gasteiger partial charge in [0, 0.05) is 36.1 Å². The highest BCUT2D eigenvalue weighted by molar-refractivity contribution is 7.80. The van der Waals surface area contributed by atoms with Gasteiger partial charge in [0.2, 0.25) is 0 Å². The summed E-state index contributed by atoms with van der Waals surface area (Å²) in [6.45, 7) is 10.1.